The van der Waals surface area contributed by atoms with Crippen molar-refractivity contribution >= 4 is 11.9 Å². The summed E-state index contributed by atoms with van der Waals surface area (Å²) in [5, 5.41) is 10.2. The van der Waals surface area contributed by atoms with Crippen LogP contribution in [-0.4, -0.2) is 22.9 Å². The number of hydrogen-bond acceptors (Lipinski definition) is 6. The molecule has 1 aromatic heterocycles. The van der Waals surface area contributed by atoms with Crippen molar-refractivity contribution in [2.24, 2.45) is 5.92 Å². The second kappa shape index (κ2) is 4.84. The Bertz CT molecular complexity index is 651. The van der Waals surface area contributed by atoms with Crippen molar-refractivity contribution in [2.45, 2.75) is 13.8 Å². The van der Waals surface area contributed by atoms with Crippen LogP contribution in [0, 0.1) is 5.92 Å². The first-order chi connectivity index (χ1) is 9.63. The number of anilines is 1. The molecular formula is C13H13N3O4. The molecule has 0 spiro atoms. The summed E-state index contributed by atoms with van der Waals surface area (Å²) in [5.74, 6) is 1.29. The predicted octanol–water partition coefficient (Wildman–Crippen LogP) is 2.06. The molecule has 7 heteroatoms. The lowest BCUT2D eigenvalue weighted by Gasteiger charge is -2.02. The lowest BCUT2D eigenvalue weighted by Crippen LogP contribution is -2.17. The van der Waals surface area contributed by atoms with Gasteiger partial charge in [0.2, 0.25) is 18.6 Å². The average molecular weight is 275 g/mol. The van der Waals surface area contributed by atoms with Crippen LogP contribution in [0.3, 0.4) is 0 Å². The molecule has 2 heterocycles. The lowest BCUT2D eigenvalue weighted by molar-refractivity contribution is -0.119. The van der Waals surface area contributed by atoms with Gasteiger partial charge in [-0.25, -0.2) is 0 Å². The number of carbonyl (C=O) groups excluding carboxylic acids is 1. The van der Waals surface area contributed by atoms with E-state index in [0.717, 1.165) is 0 Å². The van der Waals surface area contributed by atoms with E-state index in [1.165, 1.54) is 0 Å². The van der Waals surface area contributed by atoms with Crippen LogP contribution in [0.5, 0.6) is 11.5 Å². The zero-order valence-corrected chi connectivity index (χ0v) is 11.0. The van der Waals surface area contributed by atoms with Crippen LogP contribution in [0.4, 0.5) is 6.01 Å². The maximum Gasteiger partial charge on any atom is 0.322 e. The van der Waals surface area contributed by atoms with Gasteiger partial charge in [0.05, 0.1) is 0 Å². The van der Waals surface area contributed by atoms with E-state index in [-0.39, 0.29) is 24.6 Å². The van der Waals surface area contributed by atoms with Gasteiger partial charge in [-0.1, -0.05) is 18.9 Å². The van der Waals surface area contributed by atoms with E-state index >= 15 is 0 Å². The largest absolute Gasteiger partial charge is 0.454 e. The Morgan fingerprint density at radius 3 is 2.85 bits per heavy atom. The first-order valence-electron chi connectivity index (χ1n) is 6.18. The zero-order chi connectivity index (χ0) is 14.1. The molecule has 1 N–H and O–H groups in total. The van der Waals surface area contributed by atoms with Gasteiger partial charge in [0.25, 0.3) is 0 Å². The minimum atomic E-state index is -0.175. The molecule has 0 unspecified atom stereocenters. The number of benzene rings is 1. The number of amides is 1. The Morgan fingerprint density at radius 2 is 2.05 bits per heavy atom. The topological polar surface area (TPSA) is 86.5 Å². The molecule has 20 heavy (non-hydrogen) atoms. The maximum absolute atomic E-state index is 11.5. The minimum Gasteiger partial charge on any atom is -0.454 e. The summed E-state index contributed by atoms with van der Waals surface area (Å²) >= 11 is 0. The fourth-order valence-electron chi connectivity index (χ4n) is 1.67. The van der Waals surface area contributed by atoms with Gasteiger partial charge in [-0.15, -0.1) is 5.10 Å². The first kappa shape index (κ1) is 12.5. The number of nitrogens with one attached hydrogen (secondary N) is 1. The Balaban J connectivity index is 1.81. The SMILES string of the molecule is CC(C)C(=O)Nc1nnc(-c2ccc3c(c2)OCO3)o1. The second-order valence-corrected chi connectivity index (χ2v) is 4.62. The van der Waals surface area contributed by atoms with Crippen LogP contribution in [0.1, 0.15) is 13.8 Å². The van der Waals surface area contributed by atoms with Crippen LogP contribution in [-0.2, 0) is 4.79 Å². The average Bonchev–Trinajstić information content (AvgIpc) is 3.05. The molecule has 0 saturated carbocycles. The highest BCUT2D eigenvalue weighted by Gasteiger charge is 2.17. The van der Waals surface area contributed by atoms with Crippen molar-refractivity contribution in [3.05, 3.63) is 18.2 Å². The molecule has 104 valence electrons. The van der Waals surface area contributed by atoms with Crippen LogP contribution < -0.4 is 14.8 Å². The van der Waals surface area contributed by atoms with Gasteiger partial charge in [-0.3, -0.25) is 10.1 Å². The summed E-state index contributed by atoms with van der Waals surface area (Å²) in [4.78, 5) is 11.5. The van der Waals surface area contributed by atoms with E-state index in [9.17, 15) is 4.79 Å². The molecule has 2 aromatic rings. The van der Waals surface area contributed by atoms with E-state index in [0.29, 0.717) is 23.0 Å². The fourth-order valence-corrected chi connectivity index (χ4v) is 1.67. The van der Waals surface area contributed by atoms with Gasteiger partial charge < -0.3 is 13.9 Å². The third-order valence-corrected chi connectivity index (χ3v) is 2.80. The fraction of sp³-hybridized carbons (Fsp3) is 0.308. The van der Waals surface area contributed by atoms with Crippen molar-refractivity contribution in [2.75, 3.05) is 12.1 Å². The highest BCUT2D eigenvalue weighted by atomic mass is 16.7. The molecule has 1 aliphatic rings. The molecule has 0 atom stereocenters. The number of fused-ring (bicyclic) bond motifs is 1. The van der Waals surface area contributed by atoms with Crippen molar-refractivity contribution in [1.29, 1.82) is 0 Å². The lowest BCUT2D eigenvalue weighted by atomic mass is 10.2. The molecule has 1 amide bonds. The van der Waals surface area contributed by atoms with Gasteiger partial charge in [-0.05, 0) is 18.2 Å². The Hall–Kier alpha value is -2.57. The summed E-state index contributed by atoms with van der Waals surface area (Å²) < 4.78 is 15.9. The second-order valence-electron chi connectivity index (χ2n) is 4.62. The Kier molecular flexibility index (Phi) is 3.02. The monoisotopic (exact) mass is 275 g/mol. The molecule has 0 bridgehead atoms. The highest BCUT2D eigenvalue weighted by Crippen LogP contribution is 2.35. The number of hydrogen-bond donors (Lipinski definition) is 1. The number of nitrogens with zero attached hydrogens (tertiary/aromatic N) is 2. The molecule has 1 aromatic carbocycles. The molecule has 3 rings (SSSR count). The maximum atomic E-state index is 11.5. The summed E-state index contributed by atoms with van der Waals surface area (Å²) in [7, 11) is 0. The highest BCUT2D eigenvalue weighted by molar-refractivity contribution is 5.90. The smallest absolute Gasteiger partial charge is 0.322 e. The molecule has 7 nitrogen and oxygen atoms in total. The van der Waals surface area contributed by atoms with Gasteiger partial charge >= 0.3 is 6.01 Å². The number of carbonyl (C=O) groups is 1. The van der Waals surface area contributed by atoms with Gasteiger partial charge in [0, 0.05) is 11.5 Å². The normalized spacial score (nSPS) is 12.8. The third kappa shape index (κ3) is 2.29. The van der Waals surface area contributed by atoms with E-state index in [4.69, 9.17) is 13.9 Å². The molecule has 0 aliphatic carbocycles. The van der Waals surface area contributed by atoms with Crippen LogP contribution >= 0.6 is 0 Å². The van der Waals surface area contributed by atoms with E-state index in [2.05, 4.69) is 15.5 Å². The number of ether oxygens (including phenoxy) is 2. The summed E-state index contributed by atoms with van der Waals surface area (Å²) in [6.07, 6.45) is 0. The summed E-state index contributed by atoms with van der Waals surface area (Å²) in [6, 6.07) is 5.39. The molecule has 0 radical (unpaired) electrons. The Morgan fingerprint density at radius 1 is 1.25 bits per heavy atom. The summed E-state index contributed by atoms with van der Waals surface area (Å²) in [5.41, 5.74) is 0.701. The number of rotatable bonds is 3. The molecular weight excluding hydrogens is 262 g/mol. The van der Waals surface area contributed by atoms with E-state index in [1.807, 2.05) is 0 Å². The van der Waals surface area contributed by atoms with Crippen molar-refractivity contribution in [3.8, 4) is 23.0 Å². The Labute approximate surface area is 114 Å². The standard InChI is InChI=1S/C13H13N3O4/c1-7(2)11(17)14-13-16-15-12(20-13)8-3-4-9-10(5-8)19-6-18-9/h3-5,7H,6H2,1-2H3,(H,14,16,17). The predicted molar refractivity (Wildman–Crippen MR) is 69.3 cm³/mol. The molecule has 1 aliphatic heterocycles. The van der Waals surface area contributed by atoms with Crippen molar-refractivity contribution in [3.63, 3.8) is 0 Å². The van der Waals surface area contributed by atoms with Crippen LogP contribution in [0.15, 0.2) is 22.6 Å². The van der Waals surface area contributed by atoms with Crippen LogP contribution in [0.25, 0.3) is 11.5 Å². The molecule has 0 saturated heterocycles. The van der Waals surface area contributed by atoms with Crippen LogP contribution in [0.2, 0.25) is 0 Å². The van der Waals surface area contributed by atoms with Gasteiger partial charge in [-0.2, -0.15) is 0 Å². The van der Waals surface area contributed by atoms with Crippen molar-refractivity contribution in [1.82, 2.24) is 10.2 Å². The summed E-state index contributed by atoms with van der Waals surface area (Å²) in [6.45, 7) is 3.77. The molecule has 0 fully saturated rings. The van der Waals surface area contributed by atoms with Gasteiger partial charge in [0.1, 0.15) is 0 Å². The number of aromatic nitrogens is 2. The third-order valence-electron chi connectivity index (χ3n) is 2.80. The zero-order valence-electron chi connectivity index (χ0n) is 11.0. The van der Waals surface area contributed by atoms with E-state index in [1.54, 1.807) is 32.0 Å². The quantitative estimate of drug-likeness (QED) is 0.922. The minimum absolute atomic E-state index is 0.0800. The van der Waals surface area contributed by atoms with Gasteiger partial charge in [0.15, 0.2) is 11.5 Å². The first-order valence-corrected chi connectivity index (χ1v) is 6.18. The van der Waals surface area contributed by atoms with Crippen molar-refractivity contribution < 1.29 is 18.7 Å². The van der Waals surface area contributed by atoms with E-state index < -0.39 is 0 Å².